The lowest BCUT2D eigenvalue weighted by Crippen LogP contribution is -2.39. The zero-order valence-corrected chi connectivity index (χ0v) is 16.9. The fourth-order valence-electron chi connectivity index (χ4n) is 2.05. The number of sulfonamides is 1. The van der Waals surface area contributed by atoms with Gasteiger partial charge < -0.3 is 15.4 Å². The van der Waals surface area contributed by atoms with Gasteiger partial charge in [0.1, 0.15) is 0 Å². The van der Waals surface area contributed by atoms with Gasteiger partial charge in [0.15, 0.2) is 5.96 Å². The zero-order valence-electron chi connectivity index (χ0n) is 13.7. The number of hydrogen-bond donors (Lipinski definition) is 3. The van der Waals surface area contributed by atoms with Gasteiger partial charge in [0, 0.05) is 26.2 Å². The van der Waals surface area contributed by atoms with Gasteiger partial charge in [0.25, 0.3) is 0 Å². The number of halogens is 1. The summed E-state index contributed by atoms with van der Waals surface area (Å²) in [6, 6.07) is 0. The second kappa shape index (κ2) is 13.0. The molecule has 1 fully saturated rings. The molecule has 0 aromatic rings. The standard InChI is InChI=1S/C14H28N4O3S.HI/c1-3-8-16-14(15-4-2)17-9-11-22(19,20)18-12-13-7-5-6-10-21-13;/h3,13,18H,1,4-12H2,2H3,(H2,15,16,17);1H. The van der Waals surface area contributed by atoms with E-state index in [2.05, 4.69) is 26.9 Å². The molecule has 1 rings (SSSR count). The van der Waals surface area contributed by atoms with Crippen LogP contribution in [0.4, 0.5) is 0 Å². The summed E-state index contributed by atoms with van der Waals surface area (Å²) in [7, 11) is -3.32. The summed E-state index contributed by atoms with van der Waals surface area (Å²) in [4.78, 5) is 4.23. The van der Waals surface area contributed by atoms with Gasteiger partial charge in [-0.1, -0.05) is 6.08 Å². The number of hydrogen-bond acceptors (Lipinski definition) is 4. The van der Waals surface area contributed by atoms with Crippen LogP contribution in [-0.2, 0) is 14.8 Å². The summed E-state index contributed by atoms with van der Waals surface area (Å²) in [5, 5.41) is 6.07. The van der Waals surface area contributed by atoms with E-state index in [1.54, 1.807) is 6.08 Å². The van der Waals surface area contributed by atoms with Gasteiger partial charge >= 0.3 is 0 Å². The predicted molar refractivity (Wildman–Crippen MR) is 105 cm³/mol. The summed E-state index contributed by atoms with van der Waals surface area (Å²) in [6.45, 7) is 8.13. The van der Waals surface area contributed by atoms with Crippen molar-refractivity contribution in [1.29, 1.82) is 0 Å². The molecule has 0 saturated carbocycles. The first-order valence-corrected chi connectivity index (χ1v) is 9.44. The lowest BCUT2D eigenvalue weighted by Gasteiger charge is -2.22. The molecule has 136 valence electrons. The summed E-state index contributed by atoms with van der Waals surface area (Å²) >= 11 is 0. The molecule has 0 aromatic heterocycles. The number of ether oxygens (including phenoxy) is 1. The number of nitrogens with one attached hydrogen (secondary N) is 3. The Balaban J connectivity index is 0.00000484. The van der Waals surface area contributed by atoms with Crippen LogP contribution in [0, 0.1) is 0 Å². The molecule has 1 saturated heterocycles. The van der Waals surface area contributed by atoms with Crippen LogP contribution in [0.1, 0.15) is 26.2 Å². The molecule has 1 atom stereocenters. The van der Waals surface area contributed by atoms with E-state index < -0.39 is 10.0 Å². The van der Waals surface area contributed by atoms with Gasteiger partial charge in [-0.15, -0.1) is 30.6 Å². The second-order valence-electron chi connectivity index (χ2n) is 5.09. The number of rotatable bonds is 9. The van der Waals surface area contributed by atoms with Crippen molar-refractivity contribution in [1.82, 2.24) is 15.4 Å². The minimum Gasteiger partial charge on any atom is -0.377 e. The third-order valence-electron chi connectivity index (χ3n) is 3.19. The monoisotopic (exact) mass is 460 g/mol. The van der Waals surface area contributed by atoms with Crippen molar-refractivity contribution in [3.8, 4) is 0 Å². The Hall–Kier alpha value is -0.390. The van der Waals surface area contributed by atoms with Crippen LogP contribution in [0.5, 0.6) is 0 Å². The Morgan fingerprint density at radius 1 is 1.39 bits per heavy atom. The molecule has 1 aliphatic rings. The minimum absolute atomic E-state index is 0. The van der Waals surface area contributed by atoms with Gasteiger partial charge in [0.2, 0.25) is 10.0 Å². The topological polar surface area (TPSA) is 91.8 Å². The third kappa shape index (κ3) is 10.9. The largest absolute Gasteiger partial charge is 0.377 e. The van der Waals surface area contributed by atoms with Crippen LogP contribution in [0.3, 0.4) is 0 Å². The van der Waals surface area contributed by atoms with Crippen LogP contribution in [0.2, 0.25) is 0 Å². The smallest absolute Gasteiger partial charge is 0.213 e. The fraction of sp³-hybridized carbons (Fsp3) is 0.786. The quantitative estimate of drug-likeness (QED) is 0.205. The molecule has 1 heterocycles. The van der Waals surface area contributed by atoms with E-state index in [-0.39, 0.29) is 42.4 Å². The Morgan fingerprint density at radius 3 is 2.78 bits per heavy atom. The van der Waals surface area contributed by atoms with E-state index in [9.17, 15) is 8.42 Å². The molecule has 0 amide bonds. The lowest BCUT2D eigenvalue weighted by molar-refractivity contribution is 0.0200. The van der Waals surface area contributed by atoms with Crippen molar-refractivity contribution in [3.63, 3.8) is 0 Å². The Kier molecular flexibility index (Phi) is 12.7. The van der Waals surface area contributed by atoms with Gasteiger partial charge in [-0.05, 0) is 26.2 Å². The van der Waals surface area contributed by atoms with Crippen molar-refractivity contribution >= 4 is 40.0 Å². The molecular weight excluding hydrogens is 431 g/mol. The fourth-order valence-corrected chi connectivity index (χ4v) is 2.96. The molecular formula is C14H29IN4O3S. The van der Waals surface area contributed by atoms with E-state index in [1.807, 2.05) is 6.92 Å². The summed E-state index contributed by atoms with van der Waals surface area (Å²) in [5.74, 6) is 0.554. The number of aliphatic imine (C=N–C) groups is 1. The molecule has 0 aromatic carbocycles. The number of nitrogens with zero attached hydrogens (tertiary/aromatic N) is 1. The van der Waals surface area contributed by atoms with Gasteiger partial charge in [-0.25, -0.2) is 13.1 Å². The molecule has 7 nitrogen and oxygen atoms in total. The molecule has 0 spiro atoms. The first-order valence-electron chi connectivity index (χ1n) is 7.79. The molecule has 1 aliphatic heterocycles. The molecule has 23 heavy (non-hydrogen) atoms. The van der Waals surface area contributed by atoms with Gasteiger partial charge in [-0.3, -0.25) is 4.99 Å². The Bertz CT molecular complexity index is 451. The van der Waals surface area contributed by atoms with Crippen LogP contribution < -0.4 is 15.4 Å². The first-order chi connectivity index (χ1) is 10.6. The van der Waals surface area contributed by atoms with Crippen molar-refractivity contribution in [2.24, 2.45) is 4.99 Å². The van der Waals surface area contributed by atoms with Crippen molar-refractivity contribution in [2.75, 3.05) is 38.5 Å². The van der Waals surface area contributed by atoms with Crippen LogP contribution in [-0.4, -0.2) is 59.0 Å². The second-order valence-corrected chi connectivity index (χ2v) is 7.01. The van der Waals surface area contributed by atoms with Crippen LogP contribution in [0.25, 0.3) is 0 Å². The normalized spacial score (nSPS) is 18.8. The first kappa shape index (κ1) is 22.6. The van der Waals surface area contributed by atoms with Crippen molar-refractivity contribution in [3.05, 3.63) is 12.7 Å². The van der Waals surface area contributed by atoms with Gasteiger partial charge in [0.05, 0.1) is 18.4 Å². The molecule has 0 aliphatic carbocycles. The highest BCUT2D eigenvalue weighted by Gasteiger charge is 2.17. The maximum Gasteiger partial charge on any atom is 0.213 e. The minimum atomic E-state index is -3.32. The summed E-state index contributed by atoms with van der Waals surface area (Å²) < 4.78 is 32.0. The molecule has 3 N–H and O–H groups in total. The Morgan fingerprint density at radius 2 is 2.17 bits per heavy atom. The molecule has 0 radical (unpaired) electrons. The molecule has 0 bridgehead atoms. The van der Waals surface area contributed by atoms with E-state index in [4.69, 9.17) is 4.74 Å². The average Bonchev–Trinajstić information content (AvgIpc) is 2.51. The van der Waals surface area contributed by atoms with Crippen molar-refractivity contribution < 1.29 is 13.2 Å². The molecule has 9 heteroatoms. The average molecular weight is 460 g/mol. The van der Waals surface area contributed by atoms with Crippen LogP contribution >= 0.6 is 24.0 Å². The highest BCUT2D eigenvalue weighted by molar-refractivity contribution is 14.0. The number of guanidine groups is 1. The van der Waals surface area contributed by atoms with E-state index >= 15 is 0 Å². The van der Waals surface area contributed by atoms with E-state index in [1.165, 1.54) is 0 Å². The molecule has 1 unspecified atom stereocenters. The van der Waals surface area contributed by atoms with Gasteiger partial charge in [-0.2, -0.15) is 0 Å². The maximum absolute atomic E-state index is 11.9. The SMILES string of the molecule is C=CCNC(=NCCS(=O)(=O)NCC1CCCCO1)NCC.I. The lowest BCUT2D eigenvalue weighted by atomic mass is 10.1. The van der Waals surface area contributed by atoms with Crippen molar-refractivity contribution in [2.45, 2.75) is 32.3 Å². The highest BCUT2D eigenvalue weighted by Crippen LogP contribution is 2.11. The third-order valence-corrected chi connectivity index (χ3v) is 4.52. The van der Waals surface area contributed by atoms with Crippen LogP contribution in [0.15, 0.2) is 17.6 Å². The zero-order chi connectivity index (χ0) is 16.3. The maximum atomic E-state index is 11.9. The van der Waals surface area contributed by atoms with E-state index in [0.717, 1.165) is 25.9 Å². The summed E-state index contributed by atoms with van der Waals surface area (Å²) in [6.07, 6.45) is 4.78. The predicted octanol–water partition coefficient (Wildman–Crippen LogP) is 0.834. The Labute approximate surface area is 156 Å². The van der Waals surface area contributed by atoms with E-state index in [0.29, 0.717) is 25.6 Å². The summed E-state index contributed by atoms with van der Waals surface area (Å²) in [5.41, 5.74) is 0. The highest BCUT2D eigenvalue weighted by atomic mass is 127.